The van der Waals surface area contributed by atoms with Crippen LogP contribution in [0.5, 0.6) is 11.5 Å². The average molecular weight is 472 g/mol. The third-order valence-electron chi connectivity index (χ3n) is 6.21. The second-order valence-electron chi connectivity index (χ2n) is 8.65. The van der Waals surface area contributed by atoms with Gasteiger partial charge in [0.15, 0.2) is 0 Å². The van der Waals surface area contributed by atoms with E-state index in [0.717, 1.165) is 22.3 Å². The lowest BCUT2D eigenvalue weighted by Gasteiger charge is -2.26. The van der Waals surface area contributed by atoms with E-state index in [4.69, 9.17) is 9.47 Å². The van der Waals surface area contributed by atoms with Gasteiger partial charge in [0.1, 0.15) is 17.3 Å². The smallest absolute Gasteiger partial charge is 0.300 e. The molecule has 6 nitrogen and oxygen atoms in total. The molecule has 1 fully saturated rings. The second-order valence-corrected chi connectivity index (χ2v) is 8.65. The van der Waals surface area contributed by atoms with Gasteiger partial charge in [-0.25, -0.2) is 0 Å². The van der Waals surface area contributed by atoms with E-state index in [0.29, 0.717) is 29.4 Å². The minimum atomic E-state index is -0.798. The lowest BCUT2D eigenvalue weighted by atomic mass is 9.92. The lowest BCUT2D eigenvalue weighted by Crippen LogP contribution is -2.29. The molecule has 4 rings (SSSR count). The van der Waals surface area contributed by atoms with Crippen molar-refractivity contribution in [2.24, 2.45) is 0 Å². The maximum absolute atomic E-state index is 13.4. The van der Waals surface area contributed by atoms with Crippen LogP contribution in [-0.2, 0) is 9.59 Å². The molecule has 1 unspecified atom stereocenters. The molecule has 3 aromatic carbocycles. The van der Waals surface area contributed by atoms with Crippen molar-refractivity contribution in [2.75, 3.05) is 18.6 Å². The average Bonchev–Trinajstić information content (AvgIpc) is 3.10. The molecule has 6 heteroatoms. The van der Waals surface area contributed by atoms with Crippen LogP contribution >= 0.6 is 0 Å². The standard InChI is InChI=1S/C29H29NO5/c1-6-35-22-12-8-11-21(16-22)30-26(20-10-7-9-17(2)13-20)25(28(32)29(30)33)27(31)23-14-19(4)24(34-5)15-18(23)3/h7-16,26,31H,6H2,1-5H3/b27-25+. The van der Waals surface area contributed by atoms with Crippen LogP contribution < -0.4 is 14.4 Å². The quantitative estimate of drug-likeness (QED) is 0.286. The van der Waals surface area contributed by atoms with Crippen molar-refractivity contribution in [3.8, 4) is 11.5 Å². The number of benzene rings is 3. The zero-order valence-corrected chi connectivity index (χ0v) is 20.6. The fraction of sp³-hybridized carbons (Fsp3) is 0.241. The van der Waals surface area contributed by atoms with Gasteiger partial charge < -0.3 is 14.6 Å². The van der Waals surface area contributed by atoms with Crippen LogP contribution in [0.1, 0.15) is 40.8 Å². The number of rotatable bonds is 6. The van der Waals surface area contributed by atoms with Crippen molar-refractivity contribution in [3.05, 3.63) is 94.1 Å². The maximum atomic E-state index is 13.4. The molecule has 0 bridgehead atoms. The number of hydrogen-bond acceptors (Lipinski definition) is 5. The normalized spacial score (nSPS) is 17.1. The molecule has 1 aliphatic heterocycles. The Kier molecular flexibility index (Phi) is 6.65. The SMILES string of the molecule is CCOc1cccc(N2C(=O)C(=O)/C(=C(/O)c3cc(C)c(OC)cc3C)C2c2cccc(C)c2)c1. The highest BCUT2D eigenvalue weighted by Gasteiger charge is 2.47. The van der Waals surface area contributed by atoms with Gasteiger partial charge in [-0.05, 0) is 68.7 Å². The van der Waals surface area contributed by atoms with E-state index >= 15 is 0 Å². The van der Waals surface area contributed by atoms with Gasteiger partial charge in [0.2, 0.25) is 0 Å². The third kappa shape index (κ3) is 4.39. The van der Waals surface area contributed by atoms with Crippen LogP contribution in [0.2, 0.25) is 0 Å². The number of aryl methyl sites for hydroxylation is 3. The minimum absolute atomic E-state index is 0.0510. The summed E-state index contributed by atoms with van der Waals surface area (Å²) in [5.74, 6) is -0.362. The summed E-state index contributed by atoms with van der Waals surface area (Å²) in [4.78, 5) is 28.3. The zero-order valence-electron chi connectivity index (χ0n) is 20.6. The molecule has 0 aliphatic carbocycles. The van der Waals surface area contributed by atoms with Crippen LogP contribution in [0, 0.1) is 20.8 Å². The number of amides is 1. The summed E-state index contributed by atoms with van der Waals surface area (Å²) in [5, 5.41) is 11.5. The molecule has 1 amide bonds. The summed E-state index contributed by atoms with van der Waals surface area (Å²) in [6.07, 6.45) is 0. The molecule has 3 aromatic rings. The number of aliphatic hydroxyl groups excluding tert-OH is 1. The van der Waals surface area contributed by atoms with Crippen LogP contribution in [0.25, 0.3) is 5.76 Å². The van der Waals surface area contributed by atoms with Crippen LogP contribution in [0.15, 0.2) is 66.2 Å². The van der Waals surface area contributed by atoms with E-state index < -0.39 is 17.7 Å². The van der Waals surface area contributed by atoms with Crippen LogP contribution in [0.4, 0.5) is 5.69 Å². The first-order valence-electron chi connectivity index (χ1n) is 11.5. The highest BCUT2D eigenvalue weighted by Crippen LogP contribution is 2.43. The van der Waals surface area contributed by atoms with E-state index in [9.17, 15) is 14.7 Å². The Morgan fingerprint density at radius 1 is 0.971 bits per heavy atom. The van der Waals surface area contributed by atoms with Gasteiger partial charge in [-0.1, -0.05) is 35.9 Å². The Hall–Kier alpha value is -4.06. The molecular formula is C29H29NO5. The number of Topliss-reactive ketones (excluding diaryl/α,β-unsaturated/α-hetero) is 1. The van der Waals surface area contributed by atoms with Crippen molar-refractivity contribution in [3.63, 3.8) is 0 Å². The molecule has 1 heterocycles. The van der Waals surface area contributed by atoms with Gasteiger partial charge >= 0.3 is 0 Å². The number of aliphatic hydroxyl groups is 1. The van der Waals surface area contributed by atoms with Crippen LogP contribution in [0.3, 0.4) is 0 Å². The predicted octanol–water partition coefficient (Wildman–Crippen LogP) is 5.65. The maximum Gasteiger partial charge on any atom is 0.300 e. The van der Waals surface area contributed by atoms with Crippen molar-refractivity contribution in [1.82, 2.24) is 0 Å². The summed E-state index contributed by atoms with van der Waals surface area (Å²) in [7, 11) is 1.58. The Morgan fingerprint density at radius 3 is 2.40 bits per heavy atom. The van der Waals surface area contributed by atoms with Crippen molar-refractivity contribution >= 4 is 23.1 Å². The fourth-order valence-corrected chi connectivity index (χ4v) is 4.55. The molecule has 1 saturated heterocycles. The second kappa shape index (κ2) is 9.66. The largest absolute Gasteiger partial charge is 0.507 e. The number of ether oxygens (including phenoxy) is 2. The first-order chi connectivity index (χ1) is 16.8. The summed E-state index contributed by atoms with van der Waals surface area (Å²) in [6, 6.07) is 17.5. The molecule has 0 spiro atoms. The van der Waals surface area contributed by atoms with E-state index in [1.54, 1.807) is 37.4 Å². The number of anilines is 1. The summed E-state index contributed by atoms with van der Waals surface area (Å²) >= 11 is 0. The zero-order chi connectivity index (χ0) is 25.3. The number of hydrogen-bond donors (Lipinski definition) is 1. The monoisotopic (exact) mass is 471 g/mol. The fourth-order valence-electron chi connectivity index (χ4n) is 4.55. The highest BCUT2D eigenvalue weighted by molar-refractivity contribution is 6.51. The van der Waals surface area contributed by atoms with Crippen molar-refractivity contribution in [2.45, 2.75) is 33.7 Å². The molecule has 1 aliphatic rings. The highest BCUT2D eigenvalue weighted by atomic mass is 16.5. The number of carbonyl (C=O) groups is 2. The van der Waals surface area contributed by atoms with E-state index in [1.807, 2.05) is 58.0 Å². The first kappa shape index (κ1) is 24.1. The minimum Gasteiger partial charge on any atom is -0.507 e. The van der Waals surface area contributed by atoms with Crippen molar-refractivity contribution in [1.29, 1.82) is 0 Å². The summed E-state index contributed by atoms with van der Waals surface area (Å²) < 4.78 is 11.0. The molecule has 0 saturated carbocycles. The summed E-state index contributed by atoms with van der Waals surface area (Å²) in [6.45, 7) is 8.00. The molecular weight excluding hydrogens is 442 g/mol. The number of methoxy groups -OCH3 is 1. The van der Waals surface area contributed by atoms with Crippen molar-refractivity contribution < 1.29 is 24.2 Å². The Morgan fingerprint density at radius 2 is 1.71 bits per heavy atom. The molecule has 1 atom stereocenters. The van der Waals surface area contributed by atoms with Crippen LogP contribution in [-0.4, -0.2) is 30.5 Å². The van der Waals surface area contributed by atoms with E-state index in [-0.39, 0.29) is 11.3 Å². The predicted molar refractivity (Wildman–Crippen MR) is 136 cm³/mol. The molecule has 180 valence electrons. The Labute approximate surface area is 205 Å². The third-order valence-corrected chi connectivity index (χ3v) is 6.21. The molecule has 1 N–H and O–H groups in total. The number of nitrogens with zero attached hydrogens (tertiary/aromatic N) is 1. The Balaban J connectivity index is 1.96. The van der Waals surface area contributed by atoms with E-state index in [1.165, 1.54) is 4.90 Å². The molecule has 0 radical (unpaired) electrons. The van der Waals surface area contributed by atoms with Gasteiger partial charge in [0, 0.05) is 17.3 Å². The molecule has 35 heavy (non-hydrogen) atoms. The molecule has 0 aromatic heterocycles. The van der Waals surface area contributed by atoms with E-state index in [2.05, 4.69) is 0 Å². The summed E-state index contributed by atoms with van der Waals surface area (Å²) in [5.41, 5.74) is 4.31. The van der Waals surface area contributed by atoms with Gasteiger partial charge in [-0.15, -0.1) is 0 Å². The van der Waals surface area contributed by atoms with Gasteiger partial charge in [-0.3, -0.25) is 14.5 Å². The number of carbonyl (C=O) groups excluding carboxylic acids is 2. The van der Waals surface area contributed by atoms with Gasteiger partial charge in [0.25, 0.3) is 11.7 Å². The topological polar surface area (TPSA) is 76.1 Å². The number of ketones is 1. The Bertz CT molecular complexity index is 1340. The lowest BCUT2D eigenvalue weighted by molar-refractivity contribution is -0.132. The van der Waals surface area contributed by atoms with Gasteiger partial charge in [-0.2, -0.15) is 0 Å². The van der Waals surface area contributed by atoms with Gasteiger partial charge in [0.05, 0.1) is 25.3 Å². The first-order valence-corrected chi connectivity index (χ1v) is 11.5.